The highest BCUT2D eigenvalue weighted by molar-refractivity contribution is 7.89. The van der Waals surface area contributed by atoms with Gasteiger partial charge in [0, 0.05) is 36.0 Å². The van der Waals surface area contributed by atoms with Crippen molar-refractivity contribution in [3.05, 3.63) is 63.2 Å². The van der Waals surface area contributed by atoms with Gasteiger partial charge in [0.2, 0.25) is 10.0 Å². The summed E-state index contributed by atoms with van der Waals surface area (Å²) in [6.07, 6.45) is 0. The first-order chi connectivity index (χ1) is 13.7. The van der Waals surface area contributed by atoms with Gasteiger partial charge < -0.3 is 10.1 Å². The number of hydrogen-bond acceptors (Lipinski definition) is 6. The predicted octanol–water partition coefficient (Wildman–Crippen LogP) is 2.48. The minimum Gasteiger partial charge on any atom is -0.379 e. The molecule has 0 aromatic heterocycles. The van der Waals surface area contributed by atoms with Crippen molar-refractivity contribution in [3.8, 4) is 0 Å². The molecule has 0 saturated carbocycles. The van der Waals surface area contributed by atoms with Crippen molar-refractivity contribution in [1.82, 2.24) is 4.31 Å². The van der Waals surface area contributed by atoms with Gasteiger partial charge in [0.1, 0.15) is 0 Å². The Balaban J connectivity index is 1.90. The van der Waals surface area contributed by atoms with Gasteiger partial charge in [0.05, 0.1) is 23.0 Å². The fraction of sp³-hybridized carbons (Fsp3) is 0.316. The van der Waals surface area contributed by atoms with Crippen LogP contribution in [-0.2, 0) is 14.8 Å². The van der Waals surface area contributed by atoms with Crippen LogP contribution in [0.5, 0.6) is 0 Å². The summed E-state index contributed by atoms with van der Waals surface area (Å²) in [6.45, 7) is 4.44. The molecule has 1 saturated heterocycles. The number of benzene rings is 2. The third kappa shape index (κ3) is 4.29. The number of aryl methyl sites for hydroxylation is 1. The van der Waals surface area contributed by atoms with E-state index in [-0.39, 0.29) is 34.8 Å². The Morgan fingerprint density at radius 3 is 2.52 bits per heavy atom. The number of nitro benzene ring substituents is 1. The zero-order valence-corrected chi connectivity index (χ0v) is 16.9. The lowest BCUT2D eigenvalue weighted by atomic mass is 10.1. The van der Waals surface area contributed by atoms with Crippen LogP contribution in [0.4, 0.5) is 11.4 Å². The summed E-state index contributed by atoms with van der Waals surface area (Å²) < 4.78 is 32.3. The highest BCUT2D eigenvalue weighted by Gasteiger charge is 2.27. The molecule has 0 radical (unpaired) electrons. The average molecular weight is 419 g/mol. The number of nitro groups is 1. The van der Waals surface area contributed by atoms with E-state index in [0.717, 1.165) is 0 Å². The highest BCUT2D eigenvalue weighted by Crippen LogP contribution is 2.26. The zero-order valence-electron chi connectivity index (χ0n) is 16.0. The molecule has 1 fully saturated rings. The summed E-state index contributed by atoms with van der Waals surface area (Å²) in [7, 11) is -3.72. The Morgan fingerprint density at radius 1 is 1.17 bits per heavy atom. The molecule has 1 heterocycles. The number of anilines is 1. The largest absolute Gasteiger partial charge is 0.379 e. The van der Waals surface area contributed by atoms with Crippen molar-refractivity contribution >= 4 is 27.3 Å². The van der Waals surface area contributed by atoms with Crippen LogP contribution in [0.3, 0.4) is 0 Å². The Bertz CT molecular complexity index is 1060. The van der Waals surface area contributed by atoms with Gasteiger partial charge in [0.15, 0.2) is 0 Å². The number of morpholine rings is 1. The van der Waals surface area contributed by atoms with Crippen LogP contribution in [0, 0.1) is 24.0 Å². The topological polar surface area (TPSA) is 119 Å². The molecule has 0 aliphatic carbocycles. The van der Waals surface area contributed by atoms with Crippen molar-refractivity contribution in [3.63, 3.8) is 0 Å². The third-order valence-corrected chi connectivity index (χ3v) is 6.71. The normalized spacial score (nSPS) is 15.1. The molecular weight excluding hydrogens is 398 g/mol. The number of nitrogens with zero attached hydrogens (tertiary/aromatic N) is 2. The molecule has 9 nitrogen and oxygen atoms in total. The first-order valence-electron chi connectivity index (χ1n) is 8.95. The van der Waals surface area contributed by atoms with Gasteiger partial charge in [-0.05, 0) is 37.6 Å². The first kappa shape index (κ1) is 20.9. The minimum atomic E-state index is -3.72. The van der Waals surface area contributed by atoms with Gasteiger partial charge in [-0.2, -0.15) is 4.31 Å². The molecule has 0 spiro atoms. The van der Waals surface area contributed by atoms with Crippen LogP contribution in [0.25, 0.3) is 0 Å². The van der Waals surface area contributed by atoms with Gasteiger partial charge >= 0.3 is 0 Å². The van der Waals surface area contributed by atoms with E-state index in [1.807, 2.05) is 0 Å². The van der Waals surface area contributed by atoms with E-state index in [1.165, 1.54) is 41.6 Å². The van der Waals surface area contributed by atoms with Crippen LogP contribution in [0.15, 0.2) is 41.3 Å². The van der Waals surface area contributed by atoms with Crippen LogP contribution < -0.4 is 5.32 Å². The van der Waals surface area contributed by atoms with E-state index in [9.17, 15) is 23.3 Å². The van der Waals surface area contributed by atoms with Crippen molar-refractivity contribution in [2.45, 2.75) is 18.7 Å². The smallest absolute Gasteiger partial charge is 0.273 e. The molecule has 0 unspecified atom stereocenters. The van der Waals surface area contributed by atoms with E-state index in [1.54, 1.807) is 13.0 Å². The van der Waals surface area contributed by atoms with Crippen LogP contribution in [0.1, 0.15) is 21.5 Å². The Morgan fingerprint density at radius 2 is 1.86 bits per heavy atom. The van der Waals surface area contributed by atoms with Gasteiger partial charge in [0.25, 0.3) is 11.6 Å². The maximum absolute atomic E-state index is 12.9. The molecule has 0 atom stereocenters. The van der Waals surface area contributed by atoms with Gasteiger partial charge in [-0.15, -0.1) is 0 Å². The predicted molar refractivity (Wildman–Crippen MR) is 107 cm³/mol. The van der Waals surface area contributed by atoms with Crippen molar-refractivity contribution in [2.75, 3.05) is 31.6 Å². The Kier molecular flexibility index (Phi) is 5.96. The second kappa shape index (κ2) is 8.27. The molecule has 1 amide bonds. The SMILES string of the molecule is Cc1ccc(S(=O)(=O)N2CCOCC2)cc1NC(=O)c1cccc([N+](=O)[O-])c1C. The Labute approximate surface area is 168 Å². The lowest BCUT2D eigenvalue weighted by molar-refractivity contribution is -0.385. The molecule has 0 bridgehead atoms. The summed E-state index contributed by atoms with van der Waals surface area (Å²) in [6, 6.07) is 8.77. The van der Waals surface area contributed by atoms with Crippen LogP contribution >= 0.6 is 0 Å². The molecule has 2 aromatic carbocycles. The molecule has 3 rings (SSSR count). The average Bonchev–Trinajstić information content (AvgIpc) is 2.70. The number of nitrogens with one attached hydrogen (secondary N) is 1. The lowest BCUT2D eigenvalue weighted by Gasteiger charge is -2.26. The maximum Gasteiger partial charge on any atom is 0.273 e. The van der Waals surface area contributed by atoms with Crippen molar-refractivity contribution < 1.29 is 22.9 Å². The molecule has 1 aliphatic rings. The van der Waals surface area contributed by atoms with E-state index in [4.69, 9.17) is 4.74 Å². The van der Waals surface area contributed by atoms with Crippen LogP contribution in [-0.4, -0.2) is 49.9 Å². The standard InChI is InChI=1S/C19H21N3O6S/c1-13-6-7-15(29(26,27)21-8-10-28-11-9-21)12-17(13)20-19(23)16-4-3-5-18(14(16)2)22(24)25/h3-7,12H,8-11H2,1-2H3,(H,20,23). The number of rotatable bonds is 5. The van der Waals surface area contributed by atoms with E-state index >= 15 is 0 Å². The summed E-state index contributed by atoms with van der Waals surface area (Å²) >= 11 is 0. The maximum atomic E-state index is 12.9. The lowest BCUT2D eigenvalue weighted by Crippen LogP contribution is -2.40. The van der Waals surface area contributed by atoms with Gasteiger partial charge in [-0.25, -0.2) is 8.42 Å². The number of hydrogen-bond donors (Lipinski definition) is 1. The molecule has 154 valence electrons. The van der Waals surface area contributed by atoms with Gasteiger partial charge in [-0.3, -0.25) is 14.9 Å². The quantitative estimate of drug-likeness (QED) is 0.587. The number of carbonyl (C=O) groups is 1. The van der Waals surface area contributed by atoms with E-state index in [2.05, 4.69) is 5.32 Å². The van der Waals surface area contributed by atoms with E-state index < -0.39 is 20.9 Å². The fourth-order valence-corrected chi connectivity index (χ4v) is 4.52. The Hall–Kier alpha value is -2.82. The molecule has 10 heteroatoms. The zero-order chi connectivity index (χ0) is 21.2. The van der Waals surface area contributed by atoms with Crippen molar-refractivity contribution in [1.29, 1.82) is 0 Å². The second-order valence-electron chi connectivity index (χ2n) is 6.65. The van der Waals surface area contributed by atoms with Crippen LogP contribution in [0.2, 0.25) is 0 Å². The number of amides is 1. The molecule has 29 heavy (non-hydrogen) atoms. The number of sulfonamides is 1. The first-order valence-corrected chi connectivity index (χ1v) is 10.4. The summed E-state index contributed by atoms with van der Waals surface area (Å²) in [5.41, 5.74) is 1.24. The highest BCUT2D eigenvalue weighted by atomic mass is 32.2. The molecule has 1 N–H and O–H groups in total. The summed E-state index contributed by atoms with van der Waals surface area (Å²) in [5, 5.41) is 13.8. The van der Waals surface area contributed by atoms with E-state index in [0.29, 0.717) is 24.5 Å². The fourth-order valence-electron chi connectivity index (χ4n) is 3.09. The minimum absolute atomic E-state index is 0.0658. The number of ether oxygens (including phenoxy) is 1. The third-order valence-electron chi connectivity index (χ3n) is 4.81. The monoisotopic (exact) mass is 419 g/mol. The van der Waals surface area contributed by atoms with Crippen molar-refractivity contribution in [2.24, 2.45) is 0 Å². The molecule has 2 aromatic rings. The number of carbonyl (C=O) groups excluding carboxylic acids is 1. The summed E-state index contributed by atoms with van der Waals surface area (Å²) in [5.74, 6) is -0.546. The second-order valence-corrected chi connectivity index (χ2v) is 8.59. The molecule has 1 aliphatic heterocycles. The summed E-state index contributed by atoms with van der Waals surface area (Å²) in [4.78, 5) is 23.3. The molecular formula is C19H21N3O6S. The van der Waals surface area contributed by atoms with Gasteiger partial charge in [-0.1, -0.05) is 12.1 Å².